The lowest BCUT2D eigenvalue weighted by Gasteiger charge is -2.08. The fraction of sp³-hybridized carbons (Fsp3) is 0.375. The lowest BCUT2D eigenvalue weighted by Crippen LogP contribution is -2.09. The Morgan fingerprint density at radius 3 is 2.46 bits per heavy atom. The van der Waals surface area contributed by atoms with Gasteiger partial charge in [-0.25, -0.2) is 4.98 Å². The van der Waals surface area contributed by atoms with Crippen LogP contribution in [0.1, 0.15) is 23.6 Å². The first-order chi connectivity index (χ1) is 5.91. The van der Waals surface area contributed by atoms with Crippen molar-refractivity contribution in [3.8, 4) is 0 Å². The van der Waals surface area contributed by atoms with Crippen LogP contribution in [0.4, 0.5) is 13.2 Å². The molecule has 1 heterocycles. The quantitative estimate of drug-likeness (QED) is 0.698. The summed E-state index contributed by atoms with van der Waals surface area (Å²) in [6.45, 7) is 1.67. The standard InChI is InChI=1S/C8H8F3NS/c1-5(13)6-3-2-4-7(12-6)8(9,10)11/h2-5,13H,1H3. The number of pyridine rings is 1. The molecule has 1 nitrogen and oxygen atoms in total. The second-order valence-corrected chi connectivity index (χ2v) is 3.40. The van der Waals surface area contributed by atoms with E-state index in [1.807, 2.05) is 0 Å². The molecule has 1 aromatic heterocycles. The zero-order valence-electron chi connectivity index (χ0n) is 6.84. The number of aromatic nitrogens is 1. The van der Waals surface area contributed by atoms with Crippen LogP contribution in [0.3, 0.4) is 0 Å². The lowest BCUT2D eigenvalue weighted by molar-refractivity contribution is -0.141. The lowest BCUT2D eigenvalue weighted by atomic mass is 10.2. The highest BCUT2D eigenvalue weighted by Gasteiger charge is 2.32. The monoisotopic (exact) mass is 207 g/mol. The summed E-state index contributed by atoms with van der Waals surface area (Å²) in [7, 11) is 0. The maximum absolute atomic E-state index is 12.1. The molecule has 0 bridgehead atoms. The van der Waals surface area contributed by atoms with Crippen LogP contribution < -0.4 is 0 Å². The van der Waals surface area contributed by atoms with Crippen LogP contribution in [0.5, 0.6) is 0 Å². The Hall–Kier alpha value is -0.710. The van der Waals surface area contributed by atoms with E-state index in [0.29, 0.717) is 5.69 Å². The van der Waals surface area contributed by atoms with Crippen LogP contribution in [0.25, 0.3) is 0 Å². The smallest absolute Gasteiger partial charge is 0.247 e. The molecular weight excluding hydrogens is 199 g/mol. The predicted octanol–water partition coefficient (Wildman–Crippen LogP) is 3.09. The third-order valence-electron chi connectivity index (χ3n) is 1.49. The first kappa shape index (κ1) is 10.4. The summed E-state index contributed by atoms with van der Waals surface area (Å²) in [5.41, 5.74) is -0.538. The van der Waals surface area contributed by atoms with Crippen molar-refractivity contribution in [3.05, 3.63) is 29.6 Å². The van der Waals surface area contributed by atoms with E-state index < -0.39 is 11.9 Å². The van der Waals surface area contributed by atoms with Crippen LogP contribution in [0.2, 0.25) is 0 Å². The predicted molar refractivity (Wildman–Crippen MR) is 46.6 cm³/mol. The summed E-state index contributed by atoms with van der Waals surface area (Å²) in [5, 5.41) is -0.290. The number of hydrogen-bond acceptors (Lipinski definition) is 2. The first-order valence-corrected chi connectivity index (χ1v) is 4.15. The third kappa shape index (κ3) is 2.62. The van der Waals surface area contributed by atoms with Gasteiger partial charge in [-0.2, -0.15) is 25.8 Å². The maximum atomic E-state index is 12.1. The summed E-state index contributed by atoms with van der Waals surface area (Å²) in [6, 6.07) is 3.80. The molecule has 72 valence electrons. The molecule has 1 rings (SSSR count). The molecule has 0 saturated carbocycles. The number of nitrogens with zero attached hydrogens (tertiary/aromatic N) is 1. The van der Waals surface area contributed by atoms with Gasteiger partial charge in [0.05, 0.1) is 5.69 Å². The van der Waals surface area contributed by atoms with Crippen molar-refractivity contribution in [3.63, 3.8) is 0 Å². The Morgan fingerprint density at radius 2 is 2.00 bits per heavy atom. The van der Waals surface area contributed by atoms with Gasteiger partial charge in [-0.05, 0) is 19.1 Å². The van der Waals surface area contributed by atoms with Gasteiger partial charge in [0, 0.05) is 5.25 Å². The van der Waals surface area contributed by atoms with Crippen molar-refractivity contribution in [2.45, 2.75) is 18.3 Å². The Bertz CT molecular complexity index is 296. The molecule has 0 aromatic carbocycles. The highest BCUT2D eigenvalue weighted by molar-refractivity contribution is 7.80. The Morgan fingerprint density at radius 1 is 1.38 bits per heavy atom. The summed E-state index contributed by atoms with van der Waals surface area (Å²) in [6.07, 6.45) is -4.38. The van der Waals surface area contributed by atoms with Crippen molar-refractivity contribution < 1.29 is 13.2 Å². The number of thiol groups is 1. The molecule has 0 aliphatic rings. The van der Waals surface area contributed by atoms with Crippen LogP contribution in [-0.4, -0.2) is 4.98 Å². The van der Waals surface area contributed by atoms with Gasteiger partial charge in [0.25, 0.3) is 0 Å². The Balaban J connectivity index is 3.06. The Labute approximate surface area is 79.4 Å². The minimum atomic E-state index is -4.38. The average Bonchev–Trinajstić information content (AvgIpc) is 2.03. The first-order valence-electron chi connectivity index (χ1n) is 3.63. The van der Waals surface area contributed by atoms with Crippen molar-refractivity contribution in [2.75, 3.05) is 0 Å². The van der Waals surface area contributed by atoms with Crippen molar-refractivity contribution in [1.82, 2.24) is 4.98 Å². The second kappa shape index (κ2) is 3.57. The molecule has 0 spiro atoms. The average molecular weight is 207 g/mol. The molecule has 1 aromatic rings. The highest BCUT2D eigenvalue weighted by Crippen LogP contribution is 2.28. The molecule has 0 amide bonds. The van der Waals surface area contributed by atoms with Crippen LogP contribution >= 0.6 is 12.6 Å². The molecule has 0 N–H and O–H groups in total. The van der Waals surface area contributed by atoms with Gasteiger partial charge in [-0.3, -0.25) is 0 Å². The van der Waals surface area contributed by atoms with Gasteiger partial charge < -0.3 is 0 Å². The van der Waals surface area contributed by atoms with Gasteiger partial charge in [0.1, 0.15) is 5.69 Å². The molecule has 1 unspecified atom stereocenters. The SMILES string of the molecule is CC(S)c1cccc(C(F)(F)F)n1. The largest absolute Gasteiger partial charge is 0.433 e. The topological polar surface area (TPSA) is 12.9 Å². The molecule has 0 aliphatic carbocycles. The number of hydrogen-bond donors (Lipinski definition) is 1. The molecule has 13 heavy (non-hydrogen) atoms. The number of halogens is 3. The maximum Gasteiger partial charge on any atom is 0.433 e. The molecule has 0 aliphatic heterocycles. The minimum Gasteiger partial charge on any atom is -0.247 e. The summed E-state index contributed by atoms with van der Waals surface area (Å²) >= 11 is 4.00. The van der Waals surface area contributed by atoms with Gasteiger partial charge >= 0.3 is 6.18 Å². The molecule has 0 saturated heterocycles. The van der Waals surface area contributed by atoms with Gasteiger partial charge in [0.15, 0.2) is 0 Å². The van der Waals surface area contributed by atoms with E-state index in [0.717, 1.165) is 6.07 Å². The zero-order valence-corrected chi connectivity index (χ0v) is 7.73. The van der Waals surface area contributed by atoms with Crippen molar-refractivity contribution in [2.24, 2.45) is 0 Å². The van der Waals surface area contributed by atoms with Gasteiger partial charge in [0.2, 0.25) is 0 Å². The number of rotatable bonds is 1. The van der Waals surface area contributed by atoms with E-state index in [4.69, 9.17) is 0 Å². The van der Waals surface area contributed by atoms with Crippen molar-refractivity contribution >= 4 is 12.6 Å². The zero-order chi connectivity index (χ0) is 10.1. The van der Waals surface area contributed by atoms with Crippen LogP contribution in [-0.2, 0) is 6.18 Å². The summed E-state index contributed by atoms with van der Waals surface area (Å²) in [4.78, 5) is 3.44. The molecule has 1 atom stereocenters. The minimum absolute atomic E-state index is 0.290. The summed E-state index contributed by atoms with van der Waals surface area (Å²) in [5.74, 6) is 0. The second-order valence-electron chi connectivity index (χ2n) is 2.62. The molecule has 0 fully saturated rings. The van der Waals surface area contributed by atoms with Gasteiger partial charge in [-0.1, -0.05) is 6.07 Å². The van der Waals surface area contributed by atoms with Crippen molar-refractivity contribution in [1.29, 1.82) is 0 Å². The van der Waals surface area contributed by atoms with E-state index in [2.05, 4.69) is 17.6 Å². The molecular formula is C8H8F3NS. The van der Waals surface area contributed by atoms with Crippen LogP contribution in [0, 0.1) is 0 Å². The van der Waals surface area contributed by atoms with E-state index in [1.54, 1.807) is 6.92 Å². The number of alkyl halides is 3. The fourth-order valence-electron chi connectivity index (χ4n) is 0.842. The van der Waals surface area contributed by atoms with E-state index in [1.165, 1.54) is 12.1 Å². The fourth-order valence-corrected chi connectivity index (χ4v) is 0.986. The third-order valence-corrected chi connectivity index (χ3v) is 1.75. The Kier molecular flexibility index (Phi) is 2.85. The van der Waals surface area contributed by atoms with E-state index in [9.17, 15) is 13.2 Å². The van der Waals surface area contributed by atoms with E-state index >= 15 is 0 Å². The summed E-state index contributed by atoms with van der Waals surface area (Å²) < 4.78 is 36.4. The van der Waals surface area contributed by atoms with Crippen LogP contribution in [0.15, 0.2) is 18.2 Å². The van der Waals surface area contributed by atoms with E-state index in [-0.39, 0.29) is 5.25 Å². The molecule has 0 radical (unpaired) electrons. The van der Waals surface area contributed by atoms with Gasteiger partial charge in [-0.15, -0.1) is 0 Å². The molecule has 5 heteroatoms. The normalized spacial score (nSPS) is 14.2. The highest BCUT2D eigenvalue weighted by atomic mass is 32.1.